The first-order valence-electron chi connectivity index (χ1n) is 7.97. The highest BCUT2D eigenvalue weighted by molar-refractivity contribution is 7.89. The molecule has 0 aliphatic carbocycles. The fourth-order valence-electron chi connectivity index (χ4n) is 3.05. The smallest absolute Gasteiger partial charge is 0.244 e. The molecule has 2 N–H and O–H groups in total. The molecule has 0 radical (unpaired) electrons. The lowest BCUT2D eigenvalue weighted by molar-refractivity contribution is 0.258. The van der Waals surface area contributed by atoms with Crippen LogP contribution in [0.25, 0.3) is 0 Å². The monoisotopic (exact) mass is 380 g/mol. The Bertz CT molecular complexity index is 606. The van der Waals surface area contributed by atoms with Crippen molar-refractivity contribution < 1.29 is 8.42 Å². The van der Waals surface area contributed by atoms with Crippen LogP contribution in [0.3, 0.4) is 0 Å². The Kier molecular flexibility index (Phi) is 8.31. The van der Waals surface area contributed by atoms with Gasteiger partial charge in [-0.1, -0.05) is 31.0 Å². The van der Waals surface area contributed by atoms with Crippen LogP contribution in [0.15, 0.2) is 23.1 Å². The maximum Gasteiger partial charge on any atom is 0.244 e. The van der Waals surface area contributed by atoms with Gasteiger partial charge >= 0.3 is 0 Å². The molecule has 0 amide bonds. The zero-order chi connectivity index (χ0) is 16.2. The third-order valence-corrected chi connectivity index (χ3v) is 6.56. The van der Waals surface area contributed by atoms with Gasteiger partial charge in [-0.3, -0.25) is 0 Å². The van der Waals surface area contributed by atoms with Crippen molar-refractivity contribution in [2.75, 3.05) is 19.6 Å². The molecule has 1 heterocycles. The number of hydrogen-bond acceptors (Lipinski definition) is 3. The first-order chi connectivity index (χ1) is 10.5. The minimum Gasteiger partial charge on any atom is -0.330 e. The molecule has 1 aromatic rings. The van der Waals surface area contributed by atoms with E-state index in [1.807, 2.05) is 6.07 Å². The van der Waals surface area contributed by atoms with Crippen LogP contribution in [0.5, 0.6) is 0 Å². The molecule has 1 unspecified atom stereocenters. The first kappa shape index (κ1) is 20.7. The summed E-state index contributed by atoms with van der Waals surface area (Å²) in [6, 6.07) is 5.33. The normalized spacial score (nSPS) is 19.3. The fourth-order valence-corrected chi connectivity index (χ4v) is 5.12. The summed E-state index contributed by atoms with van der Waals surface area (Å²) in [5.74, 6) is 0.353. The van der Waals surface area contributed by atoms with Gasteiger partial charge in [0.25, 0.3) is 0 Å². The molecular formula is C16H26Cl2N2O2S. The van der Waals surface area contributed by atoms with Gasteiger partial charge in [-0.2, -0.15) is 4.31 Å². The second-order valence-electron chi connectivity index (χ2n) is 5.96. The highest BCUT2D eigenvalue weighted by Gasteiger charge is 2.31. The van der Waals surface area contributed by atoms with Gasteiger partial charge in [0.05, 0.1) is 5.02 Å². The number of rotatable bonds is 6. The van der Waals surface area contributed by atoms with Crippen LogP contribution in [0, 0.1) is 5.92 Å². The van der Waals surface area contributed by atoms with Crippen molar-refractivity contribution >= 4 is 34.0 Å². The van der Waals surface area contributed by atoms with E-state index in [0.717, 1.165) is 37.7 Å². The Labute approximate surface area is 150 Å². The van der Waals surface area contributed by atoms with E-state index in [4.69, 9.17) is 17.3 Å². The van der Waals surface area contributed by atoms with E-state index in [1.165, 1.54) is 0 Å². The zero-order valence-electron chi connectivity index (χ0n) is 13.5. The lowest BCUT2D eigenvalue weighted by Gasteiger charge is -2.32. The molecule has 1 aliphatic heterocycles. The van der Waals surface area contributed by atoms with Crippen molar-refractivity contribution in [2.45, 2.75) is 43.9 Å². The first-order valence-corrected chi connectivity index (χ1v) is 9.79. The summed E-state index contributed by atoms with van der Waals surface area (Å²) in [5, 5.41) is 0.306. The molecule has 0 aromatic heterocycles. The summed E-state index contributed by atoms with van der Waals surface area (Å²) in [5.41, 5.74) is 6.63. The molecule has 23 heavy (non-hydrogen) atoms. The Morgan fingerprint density at radius 3 is 2.78 bits per heavy atom. The quantitative estimate of drug-likeness (QED) is 0.821. The largest absolute Gasteiger partial charge is 0.330 e. The van der Waals surface area contributed by atoms with E-state index >= 15 is 0 Å². The van der Waals surface area contributed by atoms with E-state index < -0.39 is 10.0 Å². The Morgan fingerprint density at radius 2 is 2.13 bits per heavy atom. The van der Waals surface area contributed by atoms with Gasteiger partial charge in [0.1, 0.15) is 4.90 Å². The zero-order valence-corrected chi connectivity index (χ0v) is 15.9. The van der Waals surface area contributed by atoms with Crippen molar-refractivity contribution in [3.05, 3.63) is 28.8 Å². The topological polar surface area (TPSA) is 63.4 Å². The number of aryl methyl sites for hydroxylation is 1. The standard InChI is InChI=1S/C16H25ClN2O2S.ClH/c1-2-4-13-6-7-15(17)16(11-13)22(20,21)19-10-3-5-14(12-19)8-9-18;/h6-7,11,14H,2-5,8-10,12,18H2,1H3;1H. The number of halogens is 2. The molecule has 1 atom stereocenters. The van der Waals surface area contributed by atoms with Gasteiger partial charge in [-0.25, -0.2) is 8.42 Å². The summed E-state index contributed by atoms with van der Waals surface area (Å²) in [7, 11) is -3.52. The predicted octanol–water partition coefficient (Wildman–Crippen LogP) is 3.46. The Morgan fingerprint density at radius 1 is 1.39 bits per heavy atom. The molecule has 2 rings (SSSR count). The van der Waals surface area contributed by atoms with E-state index in [-0.39, 0.29) is 17.3 Å². The Hall–Kier alpha value is -0.330. The molecule has 1 fully saturated rings. The van der Waals surface area contributed by atoms with Crippen LogP contribution in [-0.4, -0.2) is 32.4 Å². The number of piperidine rings is 1. The molecular weight excluding hydrogens is 355 g/mol. The maximum atomic E-state index is 12.9. The third kappa shape index (κ3) is 5.07. The second kappa shape index (κ2) is 9.23. The van der Waals surface area contributed by atoms with Crippen molar-refractivity contribution in [1.82, 2.24) is 4.31 Å². The molecule has 1 aliphatic rings. The Balaban J connectivity index is 0.00000264. The van der Waals surface area contributed by atoms with E-state index in [1.54, 1.807) is 16.4 Å². The average Bonchev–Trinajstić information content (AvgIpc) is 2.50. The van der Waals surface area contributed by atoms with Gasteiger partial charge in [-0.15, -0.1) is 12.4 Å². The lowest BCUT2D eigenvalue weighted by Crippen LogP contribution is -2.40. The van der Waals surface area contributed by atoms with Crippen molar-refractivity contribution in [2.24, 2.45) is 11.7 Å². The van der Waals surface area contributed by atoms with Crippen LogP contribution < -0.4 is 5.73 Å². The average molecular weight is 381 g/mol. The fraction of sp³-hybridized carbons (Fsp3) is 0.625. The van der Waals surface area contributed by atoms with Gasteiger partial charge in [0.2, 0.25) is 10.0 Å². The van der Waals surface area contributed by atoms with Gasteiger partial charge in [-0.05, 0) is 55.8 Å². The number of nitrogens with zero attached hydrogens (tertiary/aromatic N) is 1. The molecule has 0 spiro atoms. The number of nitrogens with two attached hydrogens (primary N) is 1. The number of sulfonamides is 1. The summed E-state index contributed by atoms with van der Waals surface area (Å²) in [6.07, 6.45) is 4.64. The summed E-state index contributed by atoms with van der Waals surface area (Å²) in [6.45, 7) is 3.79. The lowest BCUT2D eigenvalue weighted by atomic mass is 9.96. The van der Waals surface area contributed by atoms with Crippen molar-refractivity contribution in [1.29, 1.82) is 0 Å². The maximum absolute atomic E-state index is 12.9. The van der Waals surface area contributed by atoms with Gasteiger partial charge in [0, 0.05) is 13.1 Å². The summed E-state index contributed by atoms with van der Waals surface area (Å²) >= 11 is 6.17. The molecule has 7 heteroatoms. The molecule has 1 saturated heterocycles. The van der Waals surface area contributed by atoms with Gasteiger partial charge < -0.3 is 5.73 Å². The molecule has 132 valence electrons. The molecule has 1 aromatic carbocycles. The van der Waals surface area contributed by atoms with Crippen LogP contribution in [0.2, 0.25) is 5.02 Å². The number of hydrogen-bond donors (Lipinski definition) is 1. The third-order valence-electron chi connectivity index (χ3n) is 4.21. The summed E-state index contributed by atoms with van der Waals surface area (Å²) in [4.78, 5) is 0.244. The van der Waals surface area contributed by atoms with E-state index in [2.05, 4.69) is 6.92 Å². The van der Waals surface area contributed by atoms with Crippen molar-refractivity contribution in [3.8, 4) is 0 Å². The minimum atomic E-state index is -3.52. The summed E-state index contributed by atoms with van der Waals surface area (Å²) < 4.78 is 27.4. The number of benzene rings is 1. The second-order valence-corrected chi connectivity index (χ2v) is 8.28. The highest BCUT2D eigenvalue weighted by atomic mass is 35.5. The van der Waals surface area contributed by atoms with Crippen LogP contribution in [0.4, 0.5) is 0 Å². The van der Waals surface area contributed by atoms with Crippen molar-refractivity contribution in [3.63, 3.8) is 0 Å². The van der Waals surface area contributed by atoms with Crippen LogP contribution in [0.1, 0.15) is 38.2 Å². The molecule has 0 bridgehead atoms. The van der Waals surface area contributed by atoms with Crippen LogP contribution >= 0.6 is 24.0 Å². The minimum absolute atomic E-state index is 0. The van der Waals surface area contributed by atoms with Gasteiger partial charge in [0.15, 0.2) is 0 Å². The highest BCUT2D eigenvalue weighted by Crippen LogP contribution is 2.30. The van der Waals surface area contributed by atoms with E-state index in [0.29, 0.717) is 30.6 Å². The van der Waals surface area contributed by atoms with E-state index in [9.17, 15) is 8.42 Å². The molecule has 4 nitrogen and oxygen atoms in total. The van der Waals surface area contributed by atoms with Crippen LogP contribution in [-0.2, 0) is 16.4 Å². The predicted molar refractivity (Wildman–Crippen MR) is 97.8 cm³/mol. The SMILES string of the molecule is CCCc1ccc(Cl)c(S(=O)(=O)N2CCCC(CCN)C2)c1.Cl. The molecule has 0 saturated carbocycles.